The molecule has 1 saturated heterocycles. The fourth-order valence-corrected chi connectivity index (χ4v) is 5.88. The van der Waals surface area contributed by atoms with Crippen molar-refractivity contribution in [2.75, 3.05) is 26.0 Å². The second kappa shape index (κ2) is 9.87. The molecule has 1 aliphatic carbocycles. The van der Waals surface area contributed by atoms with Crippen LogP contribution < -0.4 is 5.76 Å². The van der Waals surface area contributed by atoms with Crippen molar-refractivity contribution < 1.29 is 17.6 Å². The topological polar surface area (TPSA) is 81.8 Å². The van der Waals surface area contributed by atoms with Gasteiger partial charge in [0.2, 0.25) is 0 Å². The summed E-state index contributed by atoms with van der Waals surface area (Å²) in [6, 6.07) is 4.67. The number of rotatable bonds is 6. The summed E-state index contributed by atoms with van der Waals surface area (Å²) in [5.74, 6) is -0.404. The Bertz CT molecular complexity index is 1080. The van der Waals surface area contributed by atoms with Crippen LogP contribution in [0.5, 0.6) is 0 Å². The molecule has 4 rings (SSSR count). The summed E-state index contributed by atoms with van der Waals surface area (Å²) in [6.07, 6.45) is 8.83. The minimum absolute atomic E-state index is 0. The van der Waals surface area contributed by atoms with Crippen LogP contribution in [0, 0.1) is 0 Å². The number of ether oxygens (including phenoxy) is 1. The highest BCUT2D eigenvalue weighted by molar-refractivity contribution is 7.90. The molecule has 1 aliphatic heterocycles. The number of aromatic nitrogens is 1. The molecule has 180 valence electrons. The largest absolute Gasteiger partial charge is 0.420 e. The highest BCUT2D eigenvalue weighted by Gasteiger charge is 2.38. The number of likely N-dealkylation sites (tertiary alicyclic amines) is 1. The SMILES string of the molecule is CCCOC1CCC(C)(N2CCC(n3c(=O)oc4ccc(S(C)(=O)=O)cc43)CC2)CC1.Cl. The molecule has 0 amide bonds. The summed E-state index contributed by atoms with van der Waals surface area (Å²) in [5.41, 5.74) is 1.20. The molecule has 0 unspecified atom stereocenters. The molecule has 1 aromatic carbocycles. The Morgan fingerprint density at radius 2 is 1.81 bits per heavy atom. The second-order valence-corrected chi connectivity index (χ2v) is 11.4. The van der Waals surface area contributed by atoms with Gasteiger partial charge >= 0.3 is 5.76 Å². The molecule has 2 aromatic rings. The summed E-state index contributed by atoms with van der Waals surface area (Å²) >= 11 is 0. The van der Waals surface area contributed by atoms with Crippen LogP contribution in [-0.2, 0) is 14.6 Å². The smallest absolute Gasteiger partial charge is 0.408 e. The summed E-state index contributed by atoms with van der Waals surface area (Å²) in [7, 11) is -3.35. The van der Waals surface area contributed by atoms with Crippen LogP contribution in [0.4, 0.5) is 0 Å². The van der Waals surface area contributed by atoms with Crippen molar-refractivity contribution in [1.29, 1.82) is 0 Å². The van der Waals surface area contributed by atoms with Crippen molar-refractivity contribution in [3.05, 3.63) is 28.7 Å². The van der Waals surface area contributed by atoms with Crippen LogP contribution in [0.2, 0.25) is 0 Å². The maximum Gasteiger partial charge on any atom is 0.420 e. The van der Waals surface area contributed by atoms with Gasteiger partial charge in [-0.3, -0.25) is 9.47 Å². The van der Waals surface area contributed by atoms with Crippen molar-refractivity contribution in [3.63, 3.8) is 0 Å². The van der Waals surface area contributed by atoms with E-state index in [0.717, 1.165) is 64.6 Å². The zero-order valence-corrected chi connectivity index (χ0v) is 20.8. The van der Waals surface area contributed by atoms with Gasteiger partial charge in [-0.1, -0.05) is 6.92 Å². The molecular formula is C23H35ClN2O5S. The maximum absolute atomic E-state index is 12.6. The second-order valence-electron chi connectivity index (χ2n) is 9.42. The van der Waals surface area contributed by atoms with E-state index in [-0.39, 0.29) is 28.9 Å². The van der Waals surface area contributed by atoms with E-state index in [1.807, 2.05) is 0 Å². The van der Waals surface area contributed by atoms with Crippen molar-refractivity contribution in [2.24, 2.45) is 0 Å². The van der Waals surface area contributed by atoms with Crippen LogP contribution in [-0.4, -0.2) is 55.5 Å². The lowest BCUT2D eigenvalue weighted by atomic mass is 9.79. The van der Waals surface area contributed by atoms with Gasteiger partial charge in [-0.15, -0.1) is 12.4 Å². The van der Waals surface area contributed by atoms with Crippen LogP contribution in [0.15, 0.2) is 32.3 Å². The van der Waals surface area contributed by atoms with Gasteiger partial charge in [-0.05, 0) is 70.1 Å². The minimum atomic E-state index is -3.35. The molecule has 9 heteroatoms. The van der Waals surface area contributed by atoms with Gasteiger partial charge in [0.25, 0.3) is 0 Å². The quantitative estimate of drug-likeness (QED) is 0.609. The summed E-state index contributed by atoms with van der Waals surface area (Å²) in [5, 5.41) is 0. The summed E-state index contributed by atoms with van der Waals surface area (Å²) in [6.45, 7) is 7.20. The fraction of sp³-hybridized carbons (Fsp3) is 0.696. The van der Waals surface area contributed by atoms with Crippen LogP contribution in [0.3, 0.4) is 0 Å². The predicted octanol–water partition coefficient (Wildman–Crippen LogP) is 4.18. The molecule has 0 N–H and O–H groups in total. The first-order valence-electron chi connectivity index (χ1n) is 11.4. The van der Waals surface area contributed by atoms with E-state index in [1.54, 1.807) is 16.7 Å². The minimum Gasteiger partial charge on any atom is -0.408 e. The van der Waals surface area contributed by atoms with Gasteiger partial charge in [-0.2, -0.15) is 0 Å². The van der Waals surface area contributed by atoms with Gasteiger partial charge in [-0.25, -0.2) is 13.2 Å². The summed E-state index contributed by atoms with van der Waals surface area (Å²) in [4.78, 5) is 15.4. The zero-order valence-electron chi connectivity index (χ0n) is 19.2. The Morgan fingerprint density at radius 3 is 2.41 bits per heavy atom. The van der Waals surface area contributed by atoms with E-state index in [1.165, 1.54) is 12.3 Å². The molecule has 7 nitrogen and oxygen atoms in total. The molecule has 0 atom stereocenters. The van der Waals surface area contributed by atoms with Crippen molar-refractivity contribution in [1.82, 2.24) is 9.47 Å². The van der Waals surface area contributed by atoms with Crippen LogP contribution in [0.1, 0.15) is 64.8 Å². The van der Waals surface area contributed by atoms with Crippen molar-refractivity contribution in [3.8, 4) is 0 Å². The number of halogens is 1. The lowest BCUT2D eigenvalue weighted by Crippen LogP contribution is -2.53. The average Bonchev–Trinajstić information content (AvgIpc) is 3.08. The van der Waals surface area contributed by atoms with Gasteiger partial charge in [0, 0.05) is 37.5 Å². The monoisotopic (exact) mass is 486 g/mol. The number of hydrogen-bond donors (Lipinski definition) is 0. The molecule has 32 heavy (non-hydrogen) atoms. The molecule has 2 fully saturated rings. The Labute approximate surface area is 196 Å². The molecule has 0 bridgehead atoms. The number of benzene rings is 1. The lowest BCUT2D eigenvalue weighted by molar-refractivity contribution is -0.0306. The Kier molecular flexibility index (Phi) is 7.80. The van der Waals surface area contributed by atoms with Gasteiger partial charge in [0.1, 0.15) is 0 Å². The average molecular weight is 487 g/mol. The Morgan fingerprint density at radius 1 is 1.16 bits per heavy atom. The summed E-state index contributed by atoms with van der Waals surface area (Å²) < 4.78 is 37.0. The van der Waals surface area contributed by atoms with Crippen LogP contribution >= 0.6 is 12.4 Å². The first kappa shape index (κ1) is 25.3. The van der Waals surface area contributed by atoms with Crippen molar-refractivity contribution >= 4 is 33.3 Å². The first-order chi connectivity index (χ1) is 14.7. The predicted molar refractivity (Wildman–Crippen MR) is 128 cm³/mol. The normalized spacial score (nSPS) is 25.7. The lowest BCUT2D eigenvalue weighted by Gasteiger charge is -2.48. The maximum atomic E-state index is 12.6. The third kappa shape index (κ3) is 5.08. The van der Waals surface area contributed by atoms with E-state index in [4.69, 9.17) is 9.15 Å². The molecule has 0 radical (unpaired) electrons. The molecule has 1 saturated carbocycles. The zero-order chi connectivity index (χ0) is 22.2. The van der Waals surface area contributed by atoms with E-state index in [0.29, 0.717) is 17.2 Å². The van der Waals surface area contributed by atoms with Crippen molar-refractivity contribution in [2.45, 2.75) is 81.4 Å². The number of sulfone groups is 1. The van der Waals surface area contributed by atoms with E-state index in [9.17, 15) is 13.2 Å². The number of hydrogen-bond acceptors (Lipinski definition) is 6. The molecule has 2 aliphatic rings. The number of nitrogens with zero attached hydrogens (tertiary/aromatic N) is 2. The van der Waals surface area contributed by atoms with Gasteiger partial charge in [0.15, 0.2) is 15.4 Å². The van der Waals surface area contributed by atoms with E-state index in [2.05, 4.69) is 18.7 Å². The van der Waals surface area contributed by atoms with Crippen LogP contribution in [0.25, 0.3) is 11.1 Å². The Hall–Kier alpha value is -1.35. The first-order valence-corrected chi connectivity index (χ1v) is 13.3. The third-order valence-corrected chi connectivity index (χ3v) is 8.28. The van der Waals surface area contributed by atoms with E-state index >= 15 is 0 Å². The van der Waals surface area contributed by atoms with Gasteiger partial charge < -0.3 is 9.15 Å². The number of fused-ring (bicyclic) bond motifs is 1. The fourth-order valence-electron chi connectivity index (χ4n) is 5.23. The number of piperidine rings is 1. The van der Waals surface area contributed by atoms with Gasteiger partial charge in [0.05, 0.1) is 16.5 Å². The standard InChI is InChI=1S/C23H34N2O5S.ClH/c1-4-15-29-18-7-11-23(2,12-8-18)24-13-9-17(10-14-24)25-20-16-19(31(3,27)28)5-6-21(20)30-22(25)26;/h5-6,16-18H,4,7-15H2,1-3H3;1H. The molecule has 0 spiro atoms. The third-order valence-electron chi connectivity index (χ3n) is 7.17. The molecular weight excluding hydrogens is 452 g/mol. The molecule has 2 heterocycles. The Balaban J connectivity index is 0.00000289. The number of oxazole rings is 1. The highest BCUT2D eigenvalue weighted by Crippen LogP contribution is 2.38. The highest BCUT2D eigenvalue weighted by atomic mass is 35.5. The molecule has 1 aromatic heterocycles. The van der Waals surface area contributed by atoms with E-state index < -0.39 is 15.6 Å².